The van der Waals surface area contributed by atoms with Crippen LogP contribution in [0.2, 0.25) is 22.2 Å². The van der Waals surface area contributed by atoms with Crippen molar-refractivity contribution in [2.24, 2.45) is 0 Å². The summed E-state index contributed by atoms with van der Waals surface area (Å²) in [7, 11) is -3.50. The highest BCUT2D eigenvalue weighted by molar-refractivity contribution is 6.83. The second-order valence-corrected chi connectivity index (χ2v) is 19.9. The largest absolute Gasteiger partial charge is 0.414 e. The predicted molar refractivity (Wildman–Crippen MR) is 139 cm³/mol. The average molecular weight is 511 g/mol. The molecule has 0 unspecified atom stereocenters. The van der Waals surface area contributed by atoms with Crippen LogP contribution in [0.4, 0.5) is 0 Å². The van der Waals surface area contributed by atoms with Gasteiger partial charge in [-0.25, -0.2) is 0 Å². The second kappa shape index (κ2) is 11.6. The molecule has 8 heteroatoms. The van der Waals surface area contributed by atoms with Crippen LogP contribution in [0.15, 0.2) is 24.3 Å². The van der Waals surface area contributed by atoms with Gasteiger partial charge in [0, 0.05) is 13.5 Å². The van der Waals surface area contributed by atoms with E-state index in [1.165, 1.54) is 5.56 Å². The predicted octanol–water partition coefficient (Wildman–Crippen LogP) is 6.59. The third-order valence-corrected chi connectivity index (χ3v) is 17.6. The van der Waals surface area contributed by atoms with Crippen molar-refractivity contribution < 1.29 is 27.2 Å². The van der Waals surface area contributed by atoms with E-state index in [4.69, 9.17) is 27.2 Å². The minimum absolute atomic E-state index is 0.00849. The number of hydrogen-bond acceptors (Lipinski definition) is 6. The van der Waals surface area contributed by atoms with Crippen LogP contribution in [0.5, 0.6) is 0 Å². The molecule has 0 radical (unpaired) electrons. The number of benzene rings is 1. The topological polar surface area (TPSA) is 55.4 Å². The Morgan fingerprint density at radius 1 is 0.853 bits per heavy atom. The quantitative estimate of drug-likeness (QED) is 0.212. The summed E-state index contributed by atoms with van der Waals surface area (Å²) in [4.78, 5) is 0. The molecule has 34 heavy (non-hydrogen) atoms. The van der Waals surface area contributed by atoms with E-state index >= 15 is 0 Å². The molecule has 0 amide bonds. The first kappa shape index (κ1) is 28.0. The number of methoxy groups -OCH3 is 1. The lowest BCUT2D eigenvalue weighted by atomic mass is 10.0. The maximum Gasteiger partial charge on any atom is 0.335 e. The Labute approximate surface area is 209 Å². The molecule has 194 valence electrons. The van der Waals surface area contributed by atoms with Crippen molar-refractivity contribution in [3.8, 4) is 0 Å². The third kappa shape index (κ3) is 5.70. The van der Waals surface area contributed by atoms with E-state index < -0.39 is 17.1 Å². The molecule has 3 rings (SSSR count). The monoisotopic (exact) mass is 510 g/mol. The Balaban J connectivity index is 1.86. The van der Waals surface area contributed by atoms with Gasteiger partial charge in [0.25, 0.3) is 0 Å². The third-order valence-electron chi connectivity index (χ3n) is 7.37. The van der Waals surface area contributed by atoms with Gasteiger partial charge in [-0.2, -0.15) is 0 Å². The summed E-state index contributed by atoms with van der Waals surface area (Å²) in [5.74, 6) is 0. The molecular weight excluding hydrogens is 464 g/mol. The Morgan fingerprint density at radius 3 is 1.97 bits per heavy atom. The van der Waals surface area contributed by atoms with Gasteiger partial charge < -0.3 is 27.2 Å². The van der Waals surface area contributed by atoms with Crippen LogP contribution in [0.3, 0.4) is 0 Å². The fourth-order valence-electron chi connectivity index (χ4n) is 5.44. The first-order valence-corrected chi connectivity index (χ1v) is 16.8. The van der Waals surface area contributed by atoms with Gasteiger partial charge in [0.05, 0.1) is 25.4 Å². The summed E-state index contributed by atoms with van der Waals surface area (Å²) in [5, 5.41) is 0. The Kier molecular flexibility index (Phi) is 9.59. The highest BCUT2D eigenvalue weighted by atomic mass is 28.5. The Morgan fingerprint density at radius 2 is 1.44 bits per heavy atom. The number of rotatable bonds is 9. The van der Waals surface area contributed by atoms with E-state index in [0.29, 0.717) is 42.2 Å². The van der Waals surface area contributed by atoms with Gasteiger partial charge in [0.2, 0.25) is 0 Å². The summed E-state index contributed by atoms with van der Waals surface area (Å²) >= 11 is 0. The van der Waals surface area contributed by atoms with Crippen molar-refractivity contribution >= 4 is 17.1 Å². The van der Waals surface area contributed by atoms with Gasteiger partial charge in [-0.1, -0.05) is 79.7 Å². The lowest BCUT2D eigenvalue weighted by Gasteiger charge is -2.51. The molecule has 0 bridgehead atoms. The molecule has 0 aromatic heterocycles. The van der Waals surface area contributed by atoms with Crippen LogP contribution in [0, 0.1) is 0 Å². The van der Waals surface area contributed by atoms with Crippen LogP contribution >= 0.6 is 0 Å². The first-order chi connectivity index (χ1) is 16.1. The maximum atomic E-state index is 7.28. The standard InChI is InChI=1S/C26H46O6Si2/c1-18(2)33(19(3)4)29-16-26-25(31-34(32-33,20(5)6)21(7)8)14-24(30-26)23-12-10-22(11-13-23)15-28-17-27-9/h10-13,18-21,24-26H,14-17H2,1-9H3/t24-,25+,26-/m1/s1. The van der Waals surface area contributed by atoms with Crippen LogP contribution in [0.25, 0.3) is 0 Å². The Hall–Kier alpha value is -0.586. The minimum Gasteiger partial charge on any atom is -0.414 e. The van der Waals surface area contributed by atoms with E-state index in [0.717, 1.165) is 12.0 Å². The highest BCUT2D eigenvalue weighted by Crippen LogP contribution is 2.48. The lowest BCUT2D eigenvalue weighted by Crippen LogP contribution is -2.65. The molecule has 2 saturated heterocycles. The second-order valence-electron chi connectivity index (χ2n) is 11.0. The van der Waals surface area contributed by atoms with E-state index in [1.54, 1.807) is 7.11 Å². The number of fused-ring (bicyclic) bond motifs is 1. The van der Waals surface area contributed by atoms with Crippen molar-refractivity contribution in [3.05, 3.63) is 35.4 Å². The fourth-order valence-corrected chi connectivity index (χ4v) is 16.7. The molecule has 6 nitrogen and oxygen atoms in total. The summed E-state index contributed by atoms with van der Waals surface area (Å²) in [6.45, 7) is 19.4. The van der Waals surface area contributed by atoms with Crippen LogP contribution in [-0.2, 0) is 33.8 Å². The average Bonchev–Trinajstić information content (AvgIpc) is 3.15. The molecule has 0 saturated carbocycles. The van der Waals surface area contributed by atoms with Gasteiger partial charge in [-0.05, 0) is 33.3 Å². The van der Waals surface area contributed by atoms with Gasteiger partial charge >= 0.3 is 17.1 Å². The van der Waals surface area contributed by atoms with E-state index in [9.17, 15) is 0 Å². The van der Waals surface area contributed by atoms with Gasteiger partial charge in [0.1, 0.15) is 12.9 Å². The molecule has 2 fully saturated rings. The molecule has 2 aliphatic heterocycles. The molecule has 2 aliphatic rings. The Bertz CT molecular complexity index is 751. The van der Waals surface area contributed by atoms with Crippen molar-refractivity contribution in [1.82, 2.24) is 0 Å². The molecule has 1 aromatic rings. The summed E-state index contributed by atoms with van der Waals surface area (Å²) in [6.07, 6.45) is 0.721. The maximum absolute atomic E-state index is 7.28. The van der Waals surface area contributed by atoms with Crippen molar-refractivity contribution in [3.63, 3.8) is 0 Å². The molecule has 0 aliphatic carbocycles. The zero-order valence-corrected chi connectivity index (χ0v) is 24.6. The molecule has 3 atom stereocenters. The van der Waals surface area contributed by atoms with E-state index in [2.05, 4.69) is 79.7 Å². The van der Waals surface area contributed by atoms with E-state index in [-0.39, 0.29) is 18.3 Å². The summed E-state index contributed by atoms with van der Waals surface area (Å²) in [6, 6.07) is 8.49. The zero-order valence-electron chi connectivity index (χ0n) is 22.6. The zero-order chi connectivity index (χ0) is 25.1. The summed E-state index contributed by atoms with van der Waals surface area (Å²) < 4.78 is 38.3. The molecule has 1 aromatic carbocycles. The fraction of sp³-hybridized carbons (Fsp3) is 0.769. The van der Waals surface area contributed by atoms with E-state index in [1.807, 2.05) is 0 Å². The van der Waals surface area contributed by atoms with Gasteiger partial charge in [0.15, 0.2) is 0 Å². The van der Waals surface area contributed by atoms with Crippen LogP contribution in [0.1, 0.15) is 79.0 Å². The molecule has 0 spiro atoms. The first-order valence-electron chi connectivity index (χ1n) is 12.9. The van der Waals surface area contributed by atoms with Crippen LogP contribution < -0.4 is 0 Å². The number of hydrogen-bond donors (Lipinski definition) is 0. The molecule has 0 N–H and O–H groups in total. The minimum atomic E-state index is -2.60. The van der Waals surface area contributed by atoms with Gasteiger partial charge in [-0.3, -0.25) is 0 Å². The SMILES string of the molecule is COCOCc1ccc([C@H]2C[C@@H]3O[Si](C(C)C)(C(C)C)O[Si](C(C)C)(C(C)C)OC[C@H]3O2)cc1. The van der Waals surface area contributed by atoms with Crippen molar-refractivity contribution in [2.75, 3.05) is 20.5 Å². The van der Waals surface area contributed by atoms with Gasteiger partial charge in [-0.15, -0.1) is 0 Å². The molecule has 2 heterocycles. The van der Waals surface area contributed by atoms with Crippen molar-refractivity contribution in [2.45, 2.75) is 109 Å². The summed E-state index contributed by atoms with van der Waals surface area (Å²) in [5.41, 5.74) is 3.61. The molecular formula is C26H46O6Si2. The lowest BCUT2D eigenvalue weighted by molar-refractivity contribution is -0.0395. The number of ether oxygens (including phenoxy) is 3. The smallest absolute Gasteiger partial charge is 0.335 e. The highest BCUT2D eigenvalue weighted by Gasteiger charge is 2.60. The van der Waals surface area contributed by atoms with Crippen LogP contribution in [-0.4, -0.2) is 49.8 Å². The normalized spacial score (nSPS) is 26.8. The van der Waals surface area contributed by atoms with Crippen molar-refractivity contribution in [1.29, 1.82) is 0 Å².